The number of carbonyl (C=O) groups is 2. The SMILES string of the molecule is CC1(C)C2C(=O)N(Cc3cn[nH]c3)C(=O)C21. The number of hydrogen-bond acceptors (Lipinski definition) is 3. The minimum Gasteiger partial charge on any atom is -0.285 e. The second kappa shape index (κ2) is 2.72. The highest BCUT2D eigenvalue weighted by Gasteiger charge is 2.72. The number of likely N-dealkylation sites (tertiary alicyclic amines) is 1. The van der Waals surface area contributed by atoms with E-state index in [-0.39, 0.29) is 29.1 Å². The summed E-state index contributed by atoms with van der Waals surface area (Å²) in [5.41, 5.74) is 0.738. The fourth-order valence-electron chi connectivity index (χ4n) is 2.71. The van der Waals surface area contributed by atoms with Gasteiger partial charge in [0.1, 0.15) is 0 Å². The van der Waals surface area contributed by atoms with Crippen LogP contribution in [0.2, 0.25) is 0 Å². The molecule has 2 aliphatic rings. The van der Waals surface area contributed by atoms with Crippen molar-refractivity contribution >= 4 is 11.8 Å². The molecule has 2 heterocycles. The van der Waals surface area contributed by atoms with Gasteiger partial charge in [0.25, 0.3) is 0 Å². The van der Waals surface area contributed by atoms with Crippen molar-refractivity contribution in [3.8, 4) is 0 Å². The second-order valence-electron chi connectivity index (χ2n) is 5.15. The summed E-state index contributed by atoms with van der Waals surface area (Å²) in [6, 6.07) is 0. The lowest BCUT2D eigenvalue weighted by molar-refractivity contribution is -0.143. The van der Waals surface area contributed by atoms with Gasteiger partial charge in [-0.15, -0.1) is 0 Å². The zero-order chi connectivity index (χ0) is 11.5. The van der Waals surface area contributed by atoms with Gasteiger partial charge in [-0.3, -0.25) is 19.6 Å². The molecular weight excluding hydrogens is 206 g/mol. The van der Waals surface area contributed by atoms with Crippen LogP contribution in [0.1, 0.15) is 19.4 Å². The number of piperidine rings is 1. The van der Waals surface area contributed by atoms with E-state index in [1.165, 1.54) is 4.90 Å². The van der Waals surface area contributed by atoms with E-state index in [0.717, 1.165) is 5.56 Å². The molecule has 1 saturated heterocycles. The number of aromatic amines is 1. The van der Waals surface area contributed by atoms with E-state index in [2.05, 4.69) is 10.2 Å². The van der Waals surface area contributed by atoms with Gasteiger partial charge in [0.05, 0.1) is 24.6 Å². The van der Waals surface area contributed by atoms with Crippen LogP contribution >= 0.6 is 0 Å². The van der Waals surface area contributed by atoms with E-state index in [1.54, 1.807) is 12.4 Å². The molecule has 0 bridgehead atoms. The third kappa shape index (κ3) is 1.03. The van der Waals surface area contributed by atoms with Gasteiger partial charge >= 0.3 is 0 Å². The standard InChI is InChI=1S/C11H13N3O2/c1-11(2)7-8(11)10(16)14(9(7)15)5-6-3-12-13-4-6/h3-4,7-8H,5H2,1-2H3,(H,12,13). The topological polar surface area (TPSA) is 66.1 Å². The van der Waals surface area contributed by atoms with Crippen LogP contribution in [0, 0.1) is 17.3 Å². The molecule has 5 nitrogen and oxygen atoms in total. The highest BCUT2D eigenvalue weighted by molar-refractivity contribution is 6.10. The Kier molecular flexibility index (Phi) is 1.63. The van der Waals surface area contributed by atoms with Crippen LogP contribution in [0.5, 0.6) is 0 Å². The van der Waals surface area contributed by atoms with Crippen molar-refractivity contribution in [2.45, 2.75) is 20.4 Å². The second-order valence-corrected chi connectivity index (χ2v) is 5.15. The lowest BCUT2D eigenvalue weighted by atomic mass is 10.1. The average Bonchev–Trinajstić information content (AvgIpc) is 2.59. The summed E-state index contributed by atoms with van der Waals surface area (Å²) in [7, 11) is 0. The number of fused-ring (bicyclic) bond motifs is 1. The van der Waals surface area contributed by atoms with Crippen molar-refractivity contribution in [3.05, 3.63) is 18.0 Å². The van der Waals surface area contributed by atoms with Crippen LogP contribution in [-0.2, 0) is 16.1 Å². The van der Waals surface area contributed by atoms with Gasteiger partial charge < -0.3 is 0 Å². The maximum Gasteiger partial charge on any atom is 0.233 e. The molecule has 1 saturated carbocycles. The Hall–Kier alpha value is -1.65. The molecule has 1 aliphatic carbocycles. The molecule has 2 unspecified atom stereocenters. The first-order valence-corrected chi connectivity index (χ1v) is 5.36. The maximum atomic E-state index is 12.0. The smallest absolute Gasteiger partial charge is 0.233 e. The number of rotatable bonds is 2. The molecule has 1 N–H and O–H groups in total. The monoisotopic (exact) mass is 219 g/mol. The molecule has 5 heteroatoms. The molecule has 0 aromatic carbocycles. The quantitative estimate of drug-likeness (QED) is 0.739. The zero-order valence-corrected chi connectivity index (χ0v) is 9.23. The molecule has 0 radical (unpaired) electrons. The largest absolute Gasteiger partial charge is 0.285 e. The van der Waals surface area contributed by atoms with Crippen LogP contribution in [0.3, 0.4) is 0 Å². The number of nitrogens with zero attached hydrogens (tertiary/aromatic N) is 2. The predicted molar refractivity (Wildman–Crippen MR) is 54.9 cm³/mol. The summed E-state index contributed by atoms with van der Waals surface area (Å²) in [6.07, 6.45) is 3.34. The molecule has 84 valence electrons. The fraction of sp³-hybridized carbons (Fsp3) is 0.545. The first-order valence-electron chi connectivity index (χ1n) is 5.36. The fourth-order valence-corrected chi connectivity index (χ4v) is 2.71. The number of carbonyl (C=O) groups excluding carboxylic acids is 2. The summed E-state index contributed by atoms with van der Waals surface area (Å²) in [5, 5.41) is 6.47. The van der Waals surface area contributed by atoms with E-state index >= 15 is 0 Å². The van der Waals surface area contributed by atoms with Gasteiger partial charge in [-0.25, -0.2) is 0 Å². The number of nitrogens with one attached hydrogen (secondary N) is 1. The number of hydrogen-bond donors (Lipinski definition) is 1. The first-order chi connectivity index (χ1) is 7.53. The van der Waals surface area contributed by atoms with Crippen LogP contribution in [0.25, 0.3) is 0 Å². The summed E-state index contributed by atoms with van der Waals surface area (Å²) in [5.74, 6) is -0.235. The van der Waals surface area contributed by atoms with Gasteiger partial charge in [-0.05, 0) is 5.41 Å². The van der Waals surface area contributed by atoms with Crippen molar-refractivity contribution < 1.29 is 9.59 Å². The van der Waals surface area contributed by atoms with E-state index in [4.69, 9.17) is 0 Å². The van der Waals surface area contributed by atoms with Crippen molar-refractivity contribution in [1.82, 2.24) is 15.1 Å². The van der Waals surface area contributed by atoms with Gasteiger partial charge in [0, 0.05) is 11.8 Å². The van der Waals surface area contributed by atoms with Gasteiger partial charge in [0.15, 0.2) is 0 Å². The summed E-state index contributed by atoms with van der Waals surface area (Å²) in [6.45, 7) is 4.30. The van der Waals surface area contributed by atoms with Crippen molar-refractivity contribution in [2.24, 2.45) is 17.3 Å². The van der Waals surface area contributed by atoms with Gasteiger partial charge in [-0.2, -0.15) is 5.10 Å². The number of imide groups is 1. The zero-order valence-electron chi connectivity index (χ0n) is 9.23. The molecule has 2 amide bonds. The molecule has 1 aromatic rings. The van der Waals surface area contributed by atoms with Crippen LogP contribution in [-0.4, -0.2) is 26.9 Å². The van der Waals surface area contributed by atoms with E-state index in [0.29, 0.717) is 6.54 Å². The van der Waals surface area contributed by atoms with Gasteiger partial charge in [-0.1, -0.05) is 13.8 Å². The first kappa shape index (κ1) is 9.57. The Bertz CT molecular complexity index is 440. The molecule has 0 spiro atoms. The Morgan fingerprint density at radius 3 is 2.50 bits per heavy atom. The average molecular weight is 219 g/mol. The highest BCUT2D eigenvalue weighted by atomic mass is 16.2. The van der Waals surface area contributed by atoms with E-state index < -0.39 is 0 Å². The summed E-state index contributed by atoms with van der Waals surface area (Å²) < 4.78 is 0. The van der Waals surface area contributed by atoms with Crippen LogP contribution in [0.15, 0.2) is 12.4 Å². The van der Waals surface area contributed by atoms with Crippen LogP contribution in [0.4, 0.5) is 0 Å². The minimum absolute atomic E-state index is 0.0267. The molecule has 2 atom stereocenters. The van der Waals surface area contributed by atoms with Crippen molar-refractivity contribution in [1.29, 1.82) is 0 Å². The molecule has 16 heavy (non-hydrogen) atoms. The third-order valence-electron chi connectivity index (χ3n) is 3.79. The Morgan fingerprint density at radius 1 is 1.38 bits per heavy atom. The molecule has 1 aromatic heterocycles. The molecule has 2 fully saturated rings. The number of H-pyrrole nitrogens is 1. The summed E-state index contributed by atoms with van der Waals surface area (Å²) in [4.78, 5) is 25.3. The van der Waals surface area contributed by atoms with Crippen molar-refractivity contribution in [3.63, 3.8) is 0 Å². The third-order valence-corrected chi connectivity index (χ3v) is 3.79. The molecular formula is C11H13N3O2. The van der Waals surface area contributed by atoms with E-state index in [9.17, 15) is 9.59 Å². The van der Waals surface area contributed by atoms with Gasteiger partial charge in [0.2, 0.25) is 11.8 Å². The lowest BCUT2D eigenvalue weighted by Crippen LogP contribution is -2.35. The maximum absolute atomic E-state index is 12.0. The van der Waals surface area contributed by atoms with Crippen molar-refractivity contribution in [2.75, 3.05) is 0 Å². The predicted octanol–water partition coefficient (Wildman–Crippen LogP) is 0.551. The number of aromatic nitrogens is 2. The highest BCUT2D eigenvalue weighted by Crippen LogP contribution is 2.63. The normalized spacial score (nSPS) is 30.8. The van der Waals surface area contributed by atoms with E-state index in [1.807, 2.05) is 13.8 Å². The Morgan fingerprint density at radius 2 is 2.00 bits per heavy atom. The Balaban J connectivity index is 1.81. The lowest BCUT2D eigenvalue weighted by Gasteiger charge is -2.19. The summed E-state index contributed by atoms with van der Waals surface area (Å²) >= 11 is 0. The number of amides is 2. The minimum atomic E-state index is -0.124. The molecule has 1 aliphatic heterocycles. The van der Waals surface area contributed by atoms with Crippen LogP contribution < -0.4 is 0 Å². The Labute approximate surface area is 92.8 Å². The molecule has 3 rings (SSSR count).